The first kappa shape index (κ1) is 19.4. The zero-order chi connectivity index (χ0) is 20.7. The number of ether oxygens (including phenoxy) is 1. The topological polar surface area (TPSA) is 84.0 Å². The average molecular weight is 412 g/mol. The van der Waals surface area contributed by atoms with Crippen molar-refractivity contribution in [2.75, 3.05) is 12.0 Å². The number of nitrogens with one attached hydrogen (secondary N) is 1. The van der Waals surface area contributed by atoms with Crippen molar-refractivity contribution in [3.63, 3.8) is 0 Å². The molecular weight excluding hydrogens is 390 g/mol. The fourth-order valence-electron chi connectivity index (χ4n) is 3.84. The van der Waals surface area contributed by atoms with Crippen LogP contribution in [0.4, 0.5) is 5.82 Å². The number of pyridine rings is 2. The molecule has 0 saturated carbocycles. The minimum absolute atomic E-state index is 0.184. The number of aryl methyl sites for hydroxylation is 1. The zero-order valence-electron chi connectivity index (χ0n) is 16.7. The smallest absolute Gasteiger partial charge is 0.278 e. The monoisotopic (exact) mass is 411 g/mol. The number of carbonyl (C=O) groups is 1. The number of hydrogen-bond donors (Lipinski definition) is 1. The third-order valence-corrected chi connectivity index (χ3v) is 5.19. The number of nitrogens with zero attached hydrogens (tertiary/aromatic N) is 4. The van der Waals surface area contributed by atoms with Crippen LogP contribution in [0.3, 0.4) is 0 Å². The minimum atomic E-state index is -0.443. The fraction of sp³-hybridized carbons (Fsp3) is 0.333. The van der Waals surface area contributed by atoms with E-state index < -0.39 is 6.04 Å². The van der Waals surface area contributed by atoms with Crippen LogP contribution >= 0.6 is 11.6 Å². The van der Waals surface area contributed by atoms with E-state index in [0.717, 1.165) is 28.8 Å². The predicted molar refractivity (Wildman–Crippen MR) is 111 cm³/mol. The summed E-state index contributed by atoms with van der Waals surface area (Å²) >= 11 is 6.10. The Labute approximate surface area is 174 Å². The van der Waals surface area contributed by atoms with Gasteiger partial charge >= 0.3 is 0 Å². The van der Waals surface area contributed by atoms with Gasteiger partial charge in [-0.1, -0.05) is 25.4 Å². The van der Waals surface area contributed by atoms with Gasteiger partial charge in [-0.15, -0.1) is 0 Å². The van der Waals surface area contributed by atoms with Gasteiger partial charge in [-0.3, -0.25) is 14.8 Å². The molecule has 0 aromatic carbocycles. The Morgan fingerprint density at radius 1 is 1.34 bits per heavy atom. The van der Waals surface area contributed by atoms with Gasteiger partial charge in [-0.05, 0) is 43.0 Å². The number of methoxy groups -OCH3 is 1. The van der Waals surface area contributed by atoms with Crippen molar-refractivity contribution < 1.29 is 9.53 Å². The van der Waals surface area contributed by atoms with Gasteiger partial charge in [-0.2, -0.15) is 5.10 Å². The van der Waals surface area contributed by atoms with Crippen molar-refractivity contribution >= 4 is 23.3 Å². The molecule has 7 nitrogen and oxygen atoms in total. The first-order valence-corrected chi connectivity index (χ1v) is 9.81. The molecular formula is C21H22ClN5O2. The molecule has 1 atom stereocenters. The van der Waals surface area contributed by atoms with Crippen molar-refractivity contribution in [3.8, 4) is 5.88 Å². The molecule has 0 radical (unpaired) electrons. The summed E-state index contributed by atoms with van der Waals surface area (Å²) in [5, 5.41) is 7.92. The van der Waals surface area contributed by atoms with Crippen molar-refractivity contribution in [2.24, 2.45) is 5.92 Å². The SMILES string of the molecule is COc1ncccc1C1c2c(CC(C)C)n[nH]c2C(=O)N1c1ncc(Cl)cc1C. The first-order valence-electron chi connectivity index (χ1n) is 9.44. The van der Waals surface area contributed by atoms with Crippen LogP contribution in [0.15, 0.2) is 30.6 Å². The highest BCUT2D eigenvalue weighted by Gasteiger charge is 2.45. The van der Waals surface area contributed by atoms with E-state index in [2.05, 4.69) is 34.0 Å². The van der Waals surface area contributed by atoms with Crippen molar-refractivity contribution in [2.45, 2.75) is 33.2 Å². The summed E-state index contributed by atoms with van der Waals surface area (Å²) < 4.78 is 5.52. The zero-order valence-corrected chi connectivity index (χ0v) is 17.5. The highest BCUT2D eigenvalue weighted by molar-refractivity contribution is 6.30. The summed E-state index contributed by atoms with van der Waals surface area (Å²) in [6.07, 6.45) is 3.97. The summed E-state index contributed by atoms with van der Waals surface area (Å²) in [6.45, 7) is 6.14. The number of hydrogen-bond acceptors (Lipinski definition) is 5. The van der Waals surface area contributed by atoms with E-state index in [0.29, 0.717) is 28.3 Å². The second-order valence-electron chi connectivity index (χ2n) is 7.53. The molecule has 4 rings (SSSR count). The maximum Gasteiger partial charge on any atom is 0.278 e. The van der Waals surface area contributed by atoms with E-state index in [-0.39, 0.29) is 5.91 Å². The van der Waals surface area contributed by atoms with Gasteiger partial charge in [0.2, 0.25) is 5.88 Å². The normalized spacial score (nSPS) is 15.9. The van der Waals surface area contributed by atoms with Crippen LogP contribution in [0.1, 0.15) is 52.8 Å². The second-order valence-corrected chi connectivity index (χ2v) is 7.97. The molecule has 1 aliphatic heterocycles. The highest BCUT2D eigenvalue weighted by Crippen LogP contribution is 2.45. The molecule has 4 heterocycles. The van der Waals surface area contributed by atoms with Crippen molar-refractivity contribution in [1.29, 1.82) is 0 Å². The lowest BCUT2D eigenvalue weighted by Crippen LogP contribution is -2.31. The van der Waals surface area contributed by atoms with Crippen LogP contribution < -0.4 is 9.64 Å². The standard InChI is InChI=1S/C21H22ClN5O2/c1-11(2)8-15-16-17(26-25-15)21(28)27(19-12(3)9-13(22)10-24-19)18(16)14-6-5-7-23-20(14)29-4/h5-7,9-11,18H,8H2,1-4H3,(H,25,26). The fourth-order valence-corrected chi connectivity index (χ4v) is 4.05. The number of amides is 1. The molecule has 150 valence electrons. The van der Waals surface area contributed by atoms with Crippen LogP contribution in [-0.2, 0) is 6.42 Å². The number of rotatable bonds is 5. The van der Waals surface area contributed by atoms with Crippen molar-refractivity contribution in [3.05, 3.63) is 63.7 Å². The molecule has 0 fully saturated rings. The van der Waals surface area contributed by atoms with E-state index in [9.17, 15) is 4.79 Å². The Bertz CT molecular complexity index is 1080. The minimum Gasteiger partial charge on any atom is -0.481 e. The Morgan fingerprint density at radius 2 is 2.14 bits per heavy atom. The molecule has 29 heavy (non-hydrogen) atoms. The molecule has 3 aromatic heterocycles. The maximum atomic E-state index is 13.4. The van der Waals surface area contributed by atoms with E-state index >= 15 is 0 Å². The number of aromatic nitrogens is 4. The van der Waals surface area contributed by atoms with Gasteiger partial charge in [-0.25, -0.2) is 9.97 Å². The summed E-state index contributed by atoms with van der Waals surface area (Å²) in [4.78, 5) is 23.9. The van der Waals surface area contributed by atoms with E-state index in [1.54, 1.807) is 30.5 Å². The van der Waals surface area contributed by atoms with Gasteiger partial charge < -0.3 is 4.74 Å². The Kier molecular flexibility index (Phi) is 5.00. The number of fused-ring (bicyclic) bond motifs is 1. The van der Waals surface area contributed by atoms with E-state index in [1.807, 2.05) is 19.1 Å². The molecule has 1 aliphatic rings. The molecule has 0 saturated heterocycles. The maximum absolute atomic E-state index is 13.4. The predicted octanol–water partition coefficient (Wildman–Crippen LogP) is 4.12. The number of anilines is 1. The average Bonchev–Trinajstić information content (AvgIpc) is 3.21. The molecule has 1 amide bonds. The van der Waals surface area contributed by atoms with Crippen LogP contribution in [0, 0.1) is 12.8 Å². The first-order chi connectivity index (χ1) is 13.9. The summed E-state index contributed by atoms with van der Waals surface area (Å²) in [5.41, 5.74) is 3.79. The lowest BCUT2D eigenvalue weighted by atomic mass is 9.96. The molecule has 1 N–H and O–H groups in total. The number of halogens is 1. The van der Waals surface area contributed by atoms with Crippen LogP contribution in [0.5, 0.6) is 5.88 Å². The van der Waals surface area contributed by atoms with Crippen LogP contribution in [0.2, 0.25) is 5.02 Å². The van der Waals surface area contributed by atoms with Crippen molar-refractivity contribution in [1.82, 2.24) is 20.2 Å². The van der Waals surface area contributed by atoms with Gasteiger partial charge in [0.25, 0.3) is 5.91 Å². The molecule has 8 heteroatoms. The van der Waals surface area contributed by atoms with Gasteiger partial charge in [0.1, 0.15) is 11.5 Å². The lowest BCUT2D eigenvalue weighted by molar-refractivity contribution is 0.0987. The number of aromatic amines is 1. The van der Waals surface area contributed by atoms with Gasteiger partial charge in [0, 0.05) is 23.5 Å². The van der Waals surface area contributed by atoms with E-state index in [4.69, 9.17) is 16.3 Å². The number of H-pyrrole nitrogens is 1. The molecule has 0 aliphatic carbocycles. The molecule has 3 aromatic rings. The quantitative estimate of drug-likeness (QED) is 0.682. The lowest BCUT2D eigenvalue weighted by Gasteiger charge is -2.27. The van der Waals surface area contributed by atoms with Gasteiger partial charge in [0.05, 0.1) is 23.9 Å². The third kappa shape index (κ3) is 3.25. The number of carbonyl (C=O) groups excluding carboxylic acids is 1. The summed E-state index contributed by atoms with van der Waals surface area (Å²) in [7, 11) is 1.57. The van der Waals surface area contributed by atoms with Crippen LogP contribution in [0.25, 0.3) is 0 Å². The summed E-state index contributed by atoms with van der Waals surface area (Å²) in [6, 6.07) is 5.11. The molecule has 0 bridgehead atoms. The Balaban J connectivity index is 1.95. The van der Waals surface area contributed by atoms with E-state index in [1.165, 1.54) is 0 Å². The van der Waals surface area contributed by atoms with Crippen LogP contribution in [-0.4, -0.2) is 33.2 Å². The second kappa shape index (κ2) is 7.48. The summed E-state index contributed by atoms with van der Waals surface area (Å²) in [5.74, 6) is 1.22. The molecule has 0 spiro atoms. The highest BCUT2D eigenvalue weighted by atomic mass is 35.5. The largest absolute Gasteiger partial charge is 0.481 e. The third-order valence-electron chi connectivity index (χ3n) is 4.98. The molecule has 1 unspecified atom stereocenters. The van der Waals surface area contributed by atoms with Gasteiger partial charge in [0.15, 0.2) is 0 Å². The Hall–Kier alpha value is -2.93. The Morgan fingerprint density at radius 3 is 2.83 bits per heavy atom.